The van der Waals surface area contributed by atoms with Gasteiger partial charge in [-0.2, -0.15) is 13.9 Å². The molecule has 4 aromatic rings. The number of benzene rings is 3. The summed E-state index contributed by atoms with van der Waals surface area (Å²) in [6, 6.07) is 12.4. The van der Waals surface area contributed by atoms with Crippen molar-refractivity contribution in [2.45, 2.75) is 31.4 Å². The molecule has 38 heavy (non-hydrogen) atoms. The molecule has 5 rings (SSSR count). The van der Waals surface area contributed by atoms with E-state index in [1.54, 1.807) is 41.2 Å². The molecular weight excluding hydrogens is 504 g/mol. The molecule has 1 aliphatic heterocycles. The van der Waals surface area contributed by atoms with Crippen LogP contribution in [-0.2, 0) is 9.59 Å². The van der Waals surface area contributed by atoms with Crippen LogP contribution < -0.4 is 15.0 Å². The number of hydrogen-bond donors (Lipinski definition) is 1. The molecule has 1 N–H and O–H groups in total. The third-order valence-electron chi connectivity index (χ3n) is 6.46. The molecule has 11 heteroatoms. The van der Waals surface area contributed by atoms with Crippen molar-refractivity contribution in [1.82, 2.24) is 15.1 Å². The van der Waals surface area contributed by atoms with Crippen LogP contribution in [0, 0.1) is 11.6 Å². The first-order chi connectivity index (χ1) is 18.1. The van der Waals surface area contributed by atoms with Gasteiger partial charge in [0.25, 0.3) is 5.91 Å². The highest BCUT2D eigenvalue weighted by atomic mass is 19.3. The Kier molecular flexibility index (Phi) is 6.29. The van der Waals surface area contributed by atoms with Crippen LogP contribution in [0.3, 0.4) is 0 Å². The van der Waals surface area contributed by atoms with Gasteiger partial charge in [-0.15, -0.1) is 0 Å². The van der Waals surface area contributed by atoms with Crippen LogP contribution in [0.2, 0.25) is 0 Å². The quantitative estimate of drug-likeness (QED) is 0.362. The van der Waals surface area contributed by atoms with E-state index in [2.05, 4.69) is 10.4 Å². The van der Waals surface area contributed by atoms with Crippen LogP contribution in [0.15, 0.2) is 66.9 Å². The number of methoxy groups -OCH3 is 1. The van der Waals surface area contributed by atoms with E-state index in [1.807, 2.05) is 0 Å². The highest BCUT2D eigenvalue weighted by Gasteiger charge is 2.46. The van der Waals surface area contributed by atoms with Crippen molar-refractivity contribution in [3.8, 4) is 11.4 Å². The van der Waals surface area contributed by atoms with Gasteiger partial charge in [0.2, 0.25) is 5.91 Å². The van der Waals surface area contributed by atoms with Crippen molar-refractivity contribution in [3.05, 3.63) is 84.1 Å². The van der Waals surface area contributed by atoms with Crippen LogP contribution in [0.1, 0.15) is 24.9 Å². The fraction of sp³-hybridized carbons (Fsp3) is 0.222. The van der Waals surface area contributed by atoms with Gasteiger partial charge in [0.15, 0.2) is 0 Å². The molecule has 0 bridgehead atoms. The van der Waals surface area contributed by atoms with Crippen molar-refractivity contribution >= 4 is 28.4 Å². The molecule has 7 nitrogen and oxygen atoms in total. The van der Waals surface area contributed by atoms with E-state index < -0.39 is 41.5 Å². The molecule has 2 amide bonds. The summed E-state index contributed by atoms with van der Waals surface area (Å²) in [5, 5.41) is 7.20. The smallest absolute Gasteiger partial charge is 0.321 e. The van der Waals surface area contributed by atoms with E-state index in [9.17, 15) is 22.8 Å². The Balaban J connectivity index is 1.58. The van der Waals surface area contributed by atoms with Crippen LogP contribution in [0.25, 0.3) is 16.6 Å². The number of nitrogens with one attached hydrogen (secondary N) is 1. The number of aromatic nitrogens is 2. The van der Waals surface area contributed by atoms with E-state index in [0.29, 0.717) is 35.0 Å². The standard InChI is InChI=1S/C27H22F4N4O3/c1-27(30,31)26(37)33-22-13-24(36)34(25(22)20-12-19(38-2)8-9-21(20)29)18-7-10-23-15(11-18)14-32-35(23)17-5-3-16(28)4-6-17/h3-12,14,22,25H,13H2,1-2H3,(H,33,37)/t22-,25+/m1/s1. The average molecular weight is 526 g/mol. The number of halogens is 4. The lowest BCUT2D eigenvalue weighted by molar-refractivity contribution is -0.143. The zero-order valence-corrected chi connectivity index (χ0v) is 20.3. The summed E-state index contributed by atoms with van der Waals surface area (Å²) < 4.78 is 62.7. The van der Waals surface area contributed by atoms with Gasteiger partial charge in [-0.1, -0.05) is 0 Å². The Bertz CT molecular complexity index is 1530. The third kappa shape index (κ3) is 4.55. The number of fused-ring (bicyclic) bond motifs is 1. The normalized spacial score (nSPS) is 17.7. The summed E-state index contributed by atoms with van der Waals surface area (Å²) in [6.45, 7) is 0.449. The summed E-state index contributed by atoms with van der Waals surface area (Å²) >= 11 is 0. The molecule has 1 fully saturated rings. The average Bonchev–Trinajstić information content (AvgIpc) is 3.44. The number of rotatable bonds is 6. The number of amides is 2. The first kappa shape index (κ1) is 25.2. The first-order valence-corrected chi connectivity index (χ1v) is 11.6. The van der Waals surface area contributed by atoms with Crippen molar-refractivity contribution in [2.75, 3.05) is 12.0 Å². The zero-order valence-electron chi connectivity index (χ0n) is 20.3. The lowest BCUT2D eigenvalue weighted by Crippen LogP contribution is -2.46. The molecule has 2 heterocycles. The summed E-state index contributed by atoms with van der Waals surface area (Å²) in [5.74, 6) is -6.54. The van der Waals surface area contributed by atoms with Gasteiger partial charge >= 0.3 is 5.92 Å². The largest absolute Gasteiger partial charge is 0.497 e. The molecule has 1 saturated heterocycles. The molecule has 196 valence electrons. The lowest BCUT2D eigenvalue weighted by atomic mass is 9.98. The van der Waals surface area contributed by atoms with Gasteiger partial charge in [-0.05, 0) is 60.7 Å². The van der Waals surface area contributed by atoms with Gasteiger partial charge in [0.05, 0.1) is 36.6 Å². The number of carbonyl (C=O) groups excluding carboxylic acids is 2. The fourth-order valence-electron chi connectivity index (χ4n) is 4.65. The molecule has 0 spiro atoms. The lowest BCUT2D eigenvalue weighted by Gasteiger charge is -2.30. The highest BCUT2D eigenvalue weighted by molar-refractivity contribution is 6.00. The van der Waals surface area contributed by atoms with E-state index in [-0.39, 0.29) is 12.0 Å². The second-order valence-electron chi connectivity index (χ2n) is 9.04. The number of alkyl halides is 2. The Hall–Kier alpha value is -4.41. The Morgan fingerprint density at radius 2 is 1.76 bits per heavy atom. The minimum atomic E-state index is -3.69. The zero-order chi connectivity index (χ0) is 27.2. The third-order valence-corrected chi connectivity index (χ3v) is 6.46. The van der Waals surface area contributed by atoms with Crippen molar-refractivity contribution in [1.29, 1.82) is 0 Å². The van der Waals surface area contributed by atoms with Gasteiger partial charge in [0.1, 0.15) is 17.4 Å². The topological polar surface area (TPSA) is 76.5 Å². The monoisotopic (exact) mass is 526 g/mol. The molecular formula is C27H22F4N4O3. The van der Waals surface area contributed by atoms with Gasteiger partial charge < -0.3 is 15.0 Å². The van der Waals surface area contributed by atoms with Gasteiger partial charge in [-0.25, -0.2) is 13.5 Å². The second-order valence-corrected chi connectivity index (χ2v) is 9.04. The minimum Gasteiger partial charge on any atom is -0.497 e. The summed E-state index contributed by atoms with van der Waals surface area (Å²) in [5.41, 5.74) is 1.63. The predicted octanol–water partition coefficient (Wildman–Crippen LogP) is 4.93. The van der Waals surface area contributed by atoms with E-state index in [1.165, 1.54) is 36.3 Å². The van der Waals surface area contributed by atoms with Crippen molar-refractivity contribution < 1.29 is 31.9 Å². The SMILES string of the molecule is COc1ccc(F)c([C@H]2[C@H](NC(=O)C(C)(F)F)CC(=O)N2c2ccc3c(cnn3-c3ccc(F)cc3)c2)c1. The molecule has 0 unspecified atom stereocenters. The maximum atomic E-state index is 15.1. The fourth-order valence-corrected chi connectivity index (χ4v) is 4.65. The van der Waals surface area contributed by atoms with E-state index in [4.69, 9.17) is 4.74 Å². The maximum absolute atomic E-state index is 15.1. The maximum Gasteiger partial charge on any atom is 0.321 e. The van der Waals surface area contributed by atoms with Crippen molar-refractivity contribution in [2.24, 2.45) is 0 Å². The van der Waals surface area contributed by atoms with Crippen LogP contribution >= 0.6 is 0 Å². The second kappa shape index (κ2) is 9.47. The number of carbonyl (C=O) groups is 2. The van der Waals surface area contributed by atoms with Crippen LogP contribution in [0.5, 0.6) is 5.75 Å². The molecule has 2 atom stereocenters. The molecule has 0 aliphatic carbocycles. The number of hydrogen-bond acceptors (Lipinski definition) is 4. The molecule has 0 radical (unpaired) electrons. The molecule has 3 aromatic carbocycles. The molecule has 1 aliphatic rings. The van der Waals surface area contributed by atoms with E-state index in [0.717, 1.165) is 6.07 Å². The number of ether oxygens (including phenoxy) is 1. The van der Waals surface area contributed by atoms with Crippen LogP contribution in [-0.4, -0.2) is 40.7 Å². The number of nitrogens with zero attached hydrogens (tertiary/aromatic N) is 3. The van der Waals surface area contributed by atoms with Crippen LogP contribution in [0.4, 0.5) is 23.2 Å². The Morgan fingerprint density at radius 1 is 1.05 bits per heavy atom. The Morgan fingerprint density at radius 3 is 2.45 bits per heavy atom. The summed E-state index contributed by atoms with van der Waals surface area (Å²) in [7, 11) is 1.39. The molecule has 0 saturated carbocycles. The highest BCUT2D eigenvalue weighted by Crippen LogP contribution is 2.41. The van der Waals surface area contributed by atoms with E-state index >= 15 is 4.39 Å². The number of anilines is 1. The summed E-state index contributed by atoms with van der Waals surface area (Å²) in [4.78, 5) is 26.7. The van der Waals surface area contributed by atoms with Gasteiger partial charge in [-0.3, -0.25) is 9.59 Å². The predicted molar refractivity (Wildman–Crippen MR) is 131 cm³/mol. The molecule has 1 aromatic heterocycles. The minimum absolute atomic E-state index is 0.00187. The Labute approximate surface area is 214 Å². The van der Waals surface area contributed by atoms with Crippen molar-refractivity contribution in [3.63, 3.8) is 0 Å². The first-order valence-electron chi connectivity index (χ1n) is 11.6. The summed E-state index contributed by atoms with van der Waals surface area (Å²) in [6.07, 6.45) is 1.23. The van der Waals surface area contributed by atoms with Gasteiger partial charge in [0, 0.05) is 30.0 Å².